The fraction of sp³-hybridized carbons (Fsp3) is 0.478. The number of rotatable bonds is 6. The van der Waals surface area contributed by atoms with Gasteiger partial charge in [0, 0.05) is 35.9 Å². The maximum Gasteiger partial charge on any atom is 0.264 e. The molecule has 1 aliphatic carbocycles. The smallest absolute Gasteiger partial charge is 0.264 e. The Hall–Kier alpha value is -2.38. The Morgan fingerprint density at radius 3 is 2.57 bits per heavy atom. The molecule has 2 aliphatic rings. The molecule has 0 atom stereocenters. The lowest BCUT2D eigenvalue weighted by molar-refractivity contribution is -0.116. The van der Waals surface area contributed by atoms with Gasteiger partial charge in [-0.1, -0.05) is 0 Å². The number of aryl methyl sites for hydroxylation is 2. The van der Waals surface area contributed by atoms with Crippen LogP contribution in [0.3, 0.4) is 0 Å². The lowest BCUT2D eigenvalue weighted by Gasteiger charge is -2.29. The molecule has 2 amide bonds. The van der Waals surface area contributed by atoms with Crippen molar-refractivity contribution < 1.29 is 14.3 Å². The van der Waals surface area contributed by atoms with Gasteiger partial charge in [0.15, 0.2) is 0 Å². The van der Waals surface area contributed by atoms with Crippen molar-refractivity contribution in [3.63, 3.8) is 0 Å². The zero-order chi connectivity index (χ0) is 20.9. The van der Waals surface area contributed by atoms with Crippen LogP contribution in [0.5, 0.6) is 0 Å². The van der Waals surface area contributed by atoms with Crippen LogP contribution in [-0.2, 0) is 22.4 Å². The highest BCUT2D eigenvalue weighted by Gasteiger charge is 2.22. The zero-order valence-electron chi connectivity index (χ0n) is 17.5. The number of carbonyl (C=O) groups is 2. The molecule has 0 unspecified atom stereocenters. The van der Waals surface area contributed by atoms with Crippen molar-refractivity contribution >= 4 is 34.5 Å². The van der Waals surface area contributed by atoms with Gasteiger partial charge in [0.1, 0.15) is 6.54 Å². The summed E-state index contributed by atoms with van der Waals surface area (Å²) < 4.78 is 5.39. The van der Waals surface area contributed by atoms with Crippen molar-refractivity contribution in [2.75, 3.05) is 49.6 Å². The van der Waals surface area contributed by atoms with E-state index in [2.05, 4.69) is 10.2 Å². The van der Waals surface area contributed by atoms with Crippen LogP contribution in [0.1, 0.15) is 39.9 Å². The van der Waals surface area contributed by atoms with Crippen LogP contribution in [-0.4, -0.2) is 56.1 Å². The number of nitrogens with one attached hydrogen (secondary N) is 1. The van der Waals surface area contributed by atoms with E-state index in [9.17, 15) is 9.59 Å². The number of anilines is 2. The zero-order valence-corrected chi connectivity index (χ0v) is 18.3. The first-order chi connectivity index (χ1) is 14.6. The molecule has 0 spiro atoms. The Kier molecular flexibility index (Phi) is 6.69. The minimum atomic E-state index is -0.175. The first-order valence-electron chi connectivity index (χ1n) is 10.8. The number of thiophene rings is 1. The minimum Gasteiger partial charge on any atom is -0.378 e. The van der Waals surface area contributed by atoms with Gasteiger partial charge in [-0.05, 0) is 68.5 Å². The number of carbonyl (C=O) groups excluding carboxylic acids is 2. The predicted octanol–water partition coefficient (Wildman–Crippen LogP) is 3.56. The molecule has 2 aromatic rings. The number of hydrogen-bond donors (Lipinski definition) is 1. The van der Waals surface area contributed by atoms with Gasteiger partial charge in [0.05, 0.1) is 18.1 Å². The number of morpholine rings is 1. The van der Waals surface area contributed by atoms with Crippen LogP contribution in [0.25, 0.3) is 0 Å². The van der Waals surface area contributed by atoms with E-state index in [0.29, 0.717) is 6.54 Å². The van der Waals surface area contributed by atoms with Crippen molar-refractivity contribution in [1.29, 1.82) is 0 Å². The predicted molar refractivity (Wildman–Crippen MR) is 121 cm³/mol. The molecule has 1 saturated heterocycles. The second kappa shape index (κ2) is 9.62. The standard InChI is InChI=1S/C23H29N3O3S/c1-2-25(23(28)21-15-17-5-3-4-6-20(17)30-21)16-22(27)24-18-7-9-19(10-8-18)26-11-13-29-14-12-26/h7-10,15H,2-6,11-14,16H2,1H3,(H,24,27). The Labute approximate surface area is 181 Å². The maximum atomic E-state index is 12.9. The molecule has 1 aromatic heterocycles. The molecule has 6 nitrogen and oxygen atoms in total. The maximum absolute atomic E-state index is 12.9. The van der Waals surface area contributed by atoms with Crippen LogP contribution in [0.15, 0.2) is 30.3 Å². The molecule has 1 fully saturated rings. The molecule has 0 saturated carbocycles. The summed E-state index contributed by atoms with van der Waals surface area (Å²) in [6, 6.07) is 9.88. The second-order valence-electron chi connectivity index (χ2n) is 7.78. The molecule has 30 heavy (non-hydrogen) atoms. The van der Waals surface area contributed by atoms with Crippen molar-refractivity contribution in [1.82, 2.24) is 4.90 Å². The first kappa shape index (κ1) is 20.9. The molecule has 4 rings (SSSR count). The summed E-state index contributed by atoms with van der Waals surface area (Å²) in [6.45, 7) is 5.72. The molecule has 160 valence electrons. The van der Waals surface area contributed by atoms with Crippen molar-refractivity contribution in [3.05, 3.63) is 45.6 Å². The fourth-order valence-corrected chi connectivity index (χ4v) is 5.25. The van der Waals surface area contributed by atoms with Gasteiger partial charge in [0.25, 0.3) is 5.91 Å². The third kappa shape index (κ3) is 4.84. The first-order valence-corrected chi connectivity index (χ1v) is 11.6. The average molecular weight is 428 g/mol. The van der Waals surface area contributed by atoms with E-state index in [1.165, 1.54) is 23.3 Å². The second-order valence-corrected chi connectivity index (χ2v) is 8.92. The highest BCUT2D eigenvalue weighted by molar-refractivity contribution is 7.14. The molecule has 7 heteroatoms. The Balaban J connectivity index is 1.34. The fourth-order valence-electron chi connectivity index (χ4n) is 4.03. The Morgan fingerprint density at radius 1 is 1.13 bits per heavy atom. The Bertz CT molecular complexity index is 864. The van der Waals surface area contributed by atoms with Crippen molar-refractivity contribution in [3.8, 4) is 0 Å². The SMILES string of the molecule is CCN(CC(=O)Nc1ccc(N2CCOCC2)cc1)C(=O)c1cc2c(s1)CCCC2. The number of nitrogens with zero attached hydrogens (tertiary/aromatic N) is 2. The van der Waals surface area contributed by atoms with Crippen LogP contribution >= 0.6 is 11.3 Å². The lowest BCUT2D eigenvalue weighted by atomic mass is 9.99. The minimum absolute atomic E-state index is 0.0466. The number of ether oxygens (including phenoxy) is 1. The van der Waals surface area contributed by atoms with Crippen molar-refractivity contribution in [2.45, 2.75) is 32.6 Å². The van der Waals surface area contributed by atoms with Crippen LogP contribution in [0.4, 0.5) is 11.4 Å². The van der Waals surface area contributed by atoms with E-state index < -0.39 is 0 Å². The molecule has 0 bridgehead atoms. The quantitative estimate of drug-likeness (QED) is 0.766. The average Bonchev–Trinajstić information content (AvgIpc) is 3.22. The summed E-state index contributed by atoms with van der Waals surface area (Å²) in [5.41, 5.74) is 3.19. The van der Waals surface area contributed by atoms with Gasteiger partial charge in [0.2, 0.25) is 5.91 Å². The van der Waals surface area contributed by atoms with Gasteiger partial charge >= 0.3 is 0 Å². The third-order valence-corrected chi connectivity index (χ3v) is 6.96. The monoisotopic (exact) mass is 427 g/mol. The van der Waals surface area contributed by atoms with E-state index >= 15 is 0 Å². The molecule has 1 N–H and O–H groups in total. The van der Waals surface area contributed by atoms with Crippen LogP contribution < -0.4 is 10.2 Å². The summed E-state index contributed by atoms with van der Waals surface area (Å²) >= 11 is 1.60. The topological polar surface area (TPSA) is 61.9 Å². The van der Waals surface area contributed by atoms with Gasteiger partial charge in [-0.25, -0.2) is 0 Å². The van der Waals surface area contributed by atoms with Gasteiger partial charge in [-0.3, -0.25) is 9.59 Å². The normalized spacial score (nSPS) is 16.1. The van der Waals surface area contributed by atoms with E-state index in [1.54, 1.807) is 16.2 Å². The number of amides is 2. The number of likely N-dealkylation sites (N-methyl/N-ethyl adjacent to an activating group) is 1. The Morgan fingerprint density at radius 2 is 1.87 bits per heavy atom. The number of fused-ring (bicyclic) bond motifs is 1. The van der Waals surface area contributed by atoms with Crippen LogP contribution in [0, 0.1) is 0 Å². The summed E-state index contributed by atoms with van der Waals surface area (Å²) in [7, 11) is 0. The molecule has 0 radical (unpaired) electrons. The largest absolute Gasteiger partial charge is 0.378 e. The molecule has 1 aromatic carbocycles. The summed E-state index contributed by atoms with van der Waals surface area (Å²) in [5, 5.41) is 2.92. The van der Waals surface area contributed by atoms with Gasteiger partial charge in [-0.15, -0.1) is 11.3 Å². The molecular formula is C23H29N3O3S. The van der Waals surface area contributed by atoms with E-state index in [-0.39, 0.29) is 18.4 Å². The third-order valence-electron chi connectivity index (χ3n) is 5.74. The summed E-state index contributed by atoms with van der Waals surface area (Å²) in [5.74, 6) is -0.222. The lowest BCUT2D eigenvalue weighted by Crippen LogP contribution is -2.37. The molecule has 1 aliphatic heterocycles. The van der Waals surface area contributed by atoms with E-state index in [0.717, 1.165) is 55.4 Å². The van der Waals surface area contributed by atoms with E-state index in [1.807, 2.05) is 37.3 Å². The van der Waals surface area contributed by atoms with Gasteiger partial charge < -0.3 is 19.9 Å². The highest BCUT2D eigenvalue weighted by atomic mass is 32.1. The summed E-state index contributed by atoms with van der Waals surface area (Å²) in [4.78, 5) is 31.5. The molecule has 2 heterocycles. The highest BCUT2D eigenvalue weighted by Crippen LogP contribution is 2.30. The van der Waals surface area contributed by atoms with Crippen molar-refractivity contribution in [2.24, 2.45) is 0 Å². The number of hydrogen-bond acceptors (Lipinski definition) is 5. The molecular weight excluding hydrogens is 398 g/mol. The van der Waals surface area contributed by atoms with Gasteiger partial charge in [-0.2, -0.15) is 0 Å². The van der Waals surface area contributed by atoms with E-state index in [4.69, 9.17) is 4.74 Å². The van der Waals surface area contributed by atoms with Crippen LogP contribution in [0.2, 0.25) is 0 Å². The summed E-state index contributed by atoms with van der Waals surface area (Å²) in [6.07, 6.45) is 4.53. The number of benzene rings is 1.